The van der Waals surface area contributed by atoms with Crippen LogP contribution in [0.4, 0.5) is 5.82 Å². The molecule has 28 heavy (non-hydrogen) atoms. The maximum Gasteiger partial charge on any atom is 0.162 e. The minimum Gasteiger partial charge on any atom is -0.504 e. The highest BCUT2D eigenvalue weighted by molar-refractivity contribution is 5.81. The van der Waals surface area contributed by atoms with Crippen molar-refractivity contribution in [3.63, 3.8) is 0 Å². The van der Waals surface area contributed by atoms with Gasteiger partial charge in [0, 0.05) is 11.1 Å². The summed E-state index contributed by atoms with van der Waals surface area (Å²) in [5, 5.41) is 19.7. The van der Waals surface area contributed by atoms with Gasteiger partial charge < -0.3 is 25.1 Å². The van der Waals surface area contributed by atoms with E-state index in [2.05, 4.69) is 11.1 Å². The summed E-state index contributed by atoms with van der Waals surface area (Å²) in [5.74, 6) is 1.74. The fraction of sp³-hybridized carbons (Fsp3) is 0.143. The van der Waals surface area contributed by atoms with Crippen molar-refractivity contribution in [3.05, 3.63) is 48.0 Å². The van der Waals surface area contributed by atoms with E-state index in [9.17, 15) is 10.4 Å². The Hall–Kier alpha value is -3.92. The molecule has 1 aliphatic rings. The monoisotopic (exact) mass is 375 g/mol. The number of hydrogen-bond acceptors (Lipinski definition) is 7. The molecule has 0 unspecified atom stereocenters. The zero-order valence-electron chi connectivity index (χ0n) is 15.1. The Balaban J connectivity index is 1.85. The topological polar surface area (TPSA) is 111 Å². The minimum atomic E-state index is -0.0276. The van der Waals surface area contributed by atoms with Crippen LogP contribution in [0.3, 0.4) is 0 Å². The molecular formula is C21H17N3O4. The third-order valence-corrected chi connectivity index (χ3v) is 4.49. The van der Waals surface area contributed by atoms with E-state index in [4.69, 9.17) is 19.9 Å². The number of aromatic nitrogens is 1. The Morgan fingerprint density at radius 1 is 1.07 bits per heavy atom. The second-order valence-corrected chi connectivity index (χ2v) is 6.17. The van der Waals surface area contributed by atoms with Crippen molar-refractivity contribution in [1.29, 1.82) is 5.26 Å². The first-order valence-electron chi connectivity index (χ1n) is 8.58. The molecule has 1 aromatic heterocycles. The summed E-state index contributed by atoms with van der Waals surface area (Å²) in [6, 6.07) is 14.3. The largest absolute Gasteiger partial charge is 0.504 e. The first-order chi connectivity index (χ1) is 13.6. The van der Waals surface area contributed by atoms with Gasteiger partial charge in [-0.25, -0.2) is 4.98 Å². The summed E-state index contributed by atoms with van der Waals surface area (Å²) in [6.07, 6.45) is 0. The molecule has 0 spiro atoms. The lowest BCUT2D eigenvalue weighted by molar-refractivity contribution is 0.171. The SMILES string of the molecule is COc1ccc(-c2cc(-c3ccc4c(c3)OCCO4)nc(N)c2C#N)cc1O. The number of rotatable bonds is 3. The Morgan fingerprint density at radius 3 is 2.54 bits per heavy atom. The van der Waals surface area contributed by atoms with Gasteiger partial charge >= 0.3 is 0 Å². The molecule has 4 rings (SSSR count). The molecule has 3 N–H and O–H groups in total. The number of anilines is 1. The number of aromatic hydroxyl groups is 1. The lowest BCUT2D eigenvalue weighted by Gasteiger charge is -2.19. The first kappa shape index (κ1) is 17.5. The molecule has 7 nitrogen and oxygen atoms in total. The van der Waals surface area contributed by atoms with Gasteiger partial charge in [0.15, 0.2) is 23.0 Å². The molecule has 0 radical (unpaired) electrons. The Labute approximate surface area is 161 Å². The van der Waals surface area contributed by atoms with Crippen molar-refractivity contribution < 1.29 is 19.3 Å². The fourth-order valence-corrected chi connectivity index (χ4v) is 3.12. The molecule has 0 bridgehead atoms. The average Bonchev–Trinajstić information content (AvgIpc) is 2.72. The maximum absolute atomic E-state index is 10.1. The number of nitriles is 1. The van der Waals surface area contributed by atoms with Crippen LogP contribution in [0.25, 0.3) is 22.4 Å². The van der Waals surface area contributed by atoms with E-state index in [1.807, 2.05) is 18.2 Å². The van der Waals surface area contributed by atoms with Gasteiger partial charge in [-0.2, -0.15) is 5.26 Å². The molecule has 140 valence electrons. The van der Waals surface area contributed by atoms with E-state index in [0.29, 0.717) is 47.3 Å². The van der Waals surface area contributed by atoms with Crippen molar-refractivity contribution >= 4 is 5.82 Å². The highest BCUT2D eigenvalue weighted by Gasteiger charge is 2.17. The zero-order valence-corrected chi connectivity index (χ0v) is 15.1. The average molecular weight is 375 g/mol. The first-order valence-corrected chi connectivity index (χ1v) is 8.58. The number of nitrogens with two attached hydrogens (primary N) is 1. The minimum absolute atomic E-state index is 0.0276. The number of methoxy groups -OCH3 is 1. The number of phenols is 1. The Bertz CT molecular complexity index is 1110. The molecule has 0 fully saturated rings. The van der Waals surface area contributed by atoms with Crippen LogP contribution in [0.5, 0.6) is 23.0 Å². The summed E-state index contributed by atoms with van der Waals surface area (Å²) >= 11 is 0. The van der Waals surface area contributed by atoms with E-state index in [-0.39, 0.29) is 17.1 Å². The van der Waals surface area contributed by atoms with Crippen molar-refractivity contribution in [2.45, 2.75) is 0 Å². The second kappa shape index (κ2) is 7.00. The highest BCUT2D eigenvalue weighted by atomic mass is 16.6. The van der Waals surface area contributed by atoms with Crippen molar-refractivity contribution in [2.24, 2.45) is 0 Å². The summed E-state index contributed by atoms with van der Waals surface area (Å²) in [5.41, 5.74) is 8.86. The summed E-state index contributed by atoms with van der Waals surface area (Å²) in [7, 11) is 1.47. The summed E-state index contributed by atoms with van der Waals surface area (Å²) < 4.78 is 16.3. The van der Waals surface area contributed by atoms with E-state index in [0.717, 1.165) is 5.56 Å². The number of nitrogens with zero attached hydrogens (tertiary/aromatic N) is 2. The lowest BCUT2D eigenvalue weighted by atomic mass is 9.98. The maximum atomic E-state index is 10.1. The summed E-state index contributed by atoms with van der Waals surface area (Å²) in [4.78, 5) is 4.38. The van der Waals surface area contributed by atoms with Gasteiger partial charge in [0.25, 0.3) is 0 Å². The van der Waals surface area contributed by atoms with Crippen LogP contribution in [-0.4, -0.2) is 30.4 Å². The molecule has 2 aromatic carbocycles. The van der Waals surface area contributed by atoms with Crippen molar-refractivity contribution in [3.8, 4) is 51.5 Å². The van der Waals surface area contributed by atoms with Gasteiger partial charge in [-0.15, -0.1) is 0 Å². The Kier molecular flexibility index (Phi) is 4.38. The normalized spacial score (nSPS) is 12.3. The molecule has 7 heteroatoms. The molecule has 0 amide bonds. The van der Waals surface area contributed by atoms with Gasteiger partial charge in [0.2, 0.25) is 0 Å². The molecule has 0 atom stereocenters. The number of benzene rings is 2. The molecule has 2 heterocycles. The number of pyridine rings is 1. The molecular weight excluding hydrogens is 358 g/mol. The van der Waals surface area contributed by atoms with Gasteiger partial charge in [-0.05, 0) is 42.0 Å². The third-order valence-electron chi connectivity index (χ3n) is 4.49. The van der Waals surface area contributed by atoms with E-state index in [1.54, 1.807) is 18.2 Å². The quantitative estimate of drug-likeness (QED) is 0.722. The predicted molar refractivity (Wildman–Crippen MR) is 103 cm³/mol. The standard InChI is InChI=1S/C21H17N3O4/c1-26-18-4-2-12(8-17(18)25)14-10-16(24-21(23)15(14)11-22)13-3-5-19-20(9-13)28-7-6-27-19/h2-5,8-10,25H,6-7H2,1H3,(H2,23,24). The van der Waals surface area contributed by atoms with Crippen molar-refractivity contribution in [1.82, 2.24) is 4.98 Å². The summed E-state index contributed by atoms with van der Waals surface area (Å²) in [6.45, 7) is 0.995. The van der Waals surface area contributed by atoms with E-state index in [1.165, 1.54) is 13.2 Å². The smallest absolute Gasteiger partial charge is 0.162 e. The number of hydrogen-bond donors (Lipinski definition) is 2. The van der Waals surface area contributed by atoms with E-state index >= 15 is 0 Å². The molecule has 0 aliphatic carbocycles. The van der Waals surface area contributed by atoms with Crippen LogP contribution in [0.1, 0.15) is 5.56 Å². The number of fused-ring (bicyclic) bond motifs is 1. The molecule has 3 aromatic rings. The fourth-order valence-electron chi connectivity index (χ4n) is 3.12. The van der Waals surface area contributed by atoms with Crippen molar-refractivity contribution in [2.75, 3.05) is 26.1 Å². The van der Waals surface area contributed by atoms with Crippen LogP contribution in [-0.2, 0) is 0 Å². The van der Waals surface area contributed by atoms with Gasteiger partial charge in [0.1, 0.15) is 30.7 Å². The van der Waals surface area contributed by atoms with E-state index < -0.39 is 0 Å². The number of nitrogen functional groups attached to an aromatic ring is 1. The predicted octanol–water partition coefficient (Wildman–Crippen LogP) is 3.35. The van der Waals surface area contributed by atoms with Gasteiger partial charge in [-0.3, -0.25) is 0 Å². The van der Waals surface area contributed by atoms with Crippen LogP contribution in [0.15, 0.2) is 42.5 Å². The Morgan fingerprint density at radius 2 is 1.82 bits per heavy atom. The molecule has 0 saturated carbocycles. The molecule has 0 saturated heterocycles. The lowest BCUT2D eigenvalue weighted by Crippen LogP contribution is -2.15. The van der Waals surface area contributed by atoms with Gasteiger partial charge in [0.05, 0.1) is 12.8 Å². The zero-order chi connectivity index (χ0) is 19.7. The second-order valence-electron chi connectivity index (χ2n) is 6.17. The molecule has 1 aliphatic heterocycles. The van der Waals surface area contributed by atoms with Crippen LogP contribution < -0.4 is 19.9 Å². The van der Waals surface area contributed by atoms with Gasteiger partial charge in [-0.1, -0.05) is 6.07 Å². The van der Waals surface area contributed by atoms with Crippen LogP contribution in [0, 0.1) is 11.3 Å². The number of phenolic OH excluding ortho intramolecular Hbond substituents is 1. The third kappa shape index (κ3) is 3.01. The van der Waals surface area contributed by atoms with Crippen LogP contribution in [0.2, 0.25) is 0 Å². The van der Waals surface area contributed by atoms with Crippen LogP contribution >= 0.6 is 0 Å². The highest BCUT2D eigenvalue weighted by Crippen LogP contribution is 2.38. The number of ether oxygens (including phenoxy) is 3.